The van der Waals surface area contributed by atoms with Crippen molar-refractivity contribution in [3.05, 3.63) is 249 Å². The van der Waals surface area contributed by atoms with Crippen LogP contribution in [0.25, 0.3) is 123 Å². The summed E-state index contributed by atoms with van der Waals surface area (Å²) in [6.07, 6.45) is 0. The molecule has 5 nitrogen and oxygen atoms in total. The van der Waals surface area contributed by atoms with Crippen molar-refractivity contribution in [2.45, 2.75) is 0 Å². The van der Waals surface area contributed by atoms with Crippen molar-refractivity contribution in [2.24, 2.45) is 0 Å². The third kappa shape index (κ3) is 6.76. The van der Waals surface area contributed by atoms with Gasteiger partial charge in [0.2, 0.25) is 5.95 Å². The average Bonchev–Trinajstić information content (AvgIpc) is 3.92. The van der Waals surface area contributed by atoms with Crippen LogP contribution in [0.5, 0.6) is 0 Å². The standard InChI is InChI=1S/C63H41N5/c1-5-18-42(19-6-1)48-26-17-27-49(38-48)44-32-34-47(35-33-44)62-64-61(46-24-11-4-12-25-46)65-63(66-62)68-57-31-16-14-29-53(57)55-40-54-52-28-13-15-30-56(52)67(59(54)41-60(55)68)58-39-50(43-20-7-2-8-21-43)36-37-51(58)45-22-9-3-10-23-45/h1-41H. The van der Waals surface area contributed by atoms with Crippen molar-refractivity contribution in [2.75, 3.05) is 0 Å². The molecule has 3 heterocycles. The molecule has 0 aliphatic carbocycles. The second-order valence-electron chi connectivity index (χ2n) is 17.2. The van der Waals surface area contributed by atoms with Gasteiger partial charge in [-0.2, -0.15) is 9.97 Å². The van der Waals surface area contributed by atoms with E-state index in [0.29, 0.717) is 17.6 Å². The quantitative estimate of drug-likeness (QED) is 0.153. The van der Waals surface area contributed by atoms with Gasteiger partial charge in [-0.15, -0.1) is 0 Å². The van der Waals surface area contributed by atoms with Gasteiger partial charge in [-0.1, -0.05) is 212 Å². The first-order valence-corrected chi connectivity index (χ1v) is 23.0. The molecule has 0 N–H and O–H groups in total. The number of benzene rings is 10. The van der Waals surface area contributed by atoms with Gasteiger partial charge in [0.05, 0.1) is 27.8 Å². The Morgan fingerprint density at radius 3 is 1.24 bits per heavy atom. The minimum Gasteiger partial charge on any atom is -0.309 e. The molecule has 0 aliphatic heterocycles. The molecule has 3 aromatic heterocycles. The molecule has 0 saturated carbocycles. The fraction of sp³-hybridized carbons (Fsp3) is 0. The highest BCUT2D eigenvalue weighted by atomic mass is 15.2. The van der Waals surface area contributed by atoms with Gasteiger partial charge in [0.25, 0.3) is 0 Å². The van der Waals surface area contributed by atoms with E-state index in [-0.39, 0.29) is 0 Å². The molecule has 13 rings (SSSR count). The lowest BCUT2D eigenvalue weighted by molar-refractivity contribution is 0.953. The molecule has 0 radical (unpaired) electrons. The fourth-order valence-corrected chi connectivity index (χ4v) is 9.93. The smallest absolute Gasteiger partial charge is 0.238 e. The second-order valence-corrected chi connectivity index (χ2v) is 17.2. The normalized spacial score (nSPS) is 11.5. The van der Waals surface area contributed by atoms with Crippen LogP contribution in [0.4, 0.5) is 0 Å². The molecule has 0 spiro atoms. The Balaban J connectivity index is 1.03. The summed E-state index contributed by atoms with van der Waals surface area (Å²) in [6, 6.07) is 88.3. The molecule has 0 aliphatic rings. The lowest BCUT2D eigenvalue weighted by atomic mass is 9.98. The van der Waals surface area contributed by atoms with Crippen molar-refractivity contribution in [1.29, 1.82) is 0 Å². The summed E-state index contributed by atoms with van der Waals surface area (Å²) >= 11 is 0. The summed E-state index contributed by atoms with van der Waals surface area (Å²) in [5.74, 6) is 1.76. The first-order valence-electron chi connectivity index (χ1n) is 23.0. The van der Waals surface area contributed by atoms with Gasteiger partial charge in [0.15, 0.2) is 11.6 Å². The molecule has 5 heteroatoms. The number of hydrogen-bond acceptors (Lipinski definition) is 3. The molecule has 68 heavy (non-hydrogen) atoms. The van der Waals surface area contributed by atoms with Crippen LogP contribution in [0.1, 0.15) is 0 Å². The second kappa shape index (κ2) is 16.4. The Morgan fingerprint density at radius 2 is 0.647 bits per heavy atom. The van der Waals surface area contributed by atoms with Crippen LogP contribution in [0.15, 0.2) is 249 Å². The third-order valence-corrected chi connectivity index (χ3v) is 13.2. The zero-order chi connectivity index (χ0) is 45.0. The van der Waals surface area contributed by atoms with E-state index in [1.807, 2.05) is 18.2 Å². The molecular formula is C63H41N5. The number of hydrogen-bond donors (Lipinski definition) is 0. The van der Waals surface area contributed by atoms with Gasteiger partial charge in [0.1, 0.15) is 0 Å². The molecule has 0 bridgehead atoms. The topological polar surface area (TPSA) is 48.5 Å². The summed E-state index contributed by atoms with van der Waals surface area (Å²) < 4.78 is 4.68. The maximum absolute atomic E-state index is 5.36. The first kappa shape index (κ1) is 39.2. The number of aromatic nitrogens is 5. The monoisotopic (exact) mass is 867 g/mol. The summed E-state index contributed by atoms with van der Waals surface area (Å²) in [4.78, 5) is 15.8. The molecule has 13 aromatic rings. The molecule has 0 fully saturated rings. The maximum atomic E-state index is 5.36. The molecular weight excluding hydrogens is 827 g/mol. The predicted molar refractivity (Wildman–Crippen MR) is 281 cm³/mol. The fourth-order valence-electron chi connectivity index (χ4n) is 9.93. The van der Waals surface area contributed by atoms with E-state index in [2.05, 4.69) is 240 Å². The van der Waals surface area contributed by atoms with Gasteiger partial charge in [-0.3, -0.25) is 4.57 Å². The zero-order valence-electron chi connectivity index (χ0n) is 36.9. The van der Waals surface area contributed by atoms with Crippen molar-refractivity contribution in [1.82, 2.24) is 24.1 Å². The van der Waals surface area contributed by atoms with Crippen molar-refractivity contribution >= 4 is 43.6 Å². The van der Waals surface area contributed by atoms with Crippen LogP contribution in [-0.2, 0) is 0 Å². The average molecular weight is 868 g/mol. The summed E-state index contributed by atoms with van der Waals surface area (Å²) in [5, 5.41) is 4.62. The molecule has 0 unspecified atom stereocenters. The minimum absolute atomic E-state index is 0.553. The molecule has 0 saturated heterocycles. The number of para-hydroxylation sites is 2. The summed E-state index contributed by atoms with van der Waals surface area (Å²) in [7, 11) is 0. The van der Waals surface area contributed by atoms with Gasteiger partial charge < -0.3 is 4.57 Å². The van der Waals surface area contributed by atoms with Crippen LogP contribution >= 0.6 is 0 Å². The van der Waals surface area contributed by atoms with Crippen LogP contribution < -0.4 is 0 Å². The van der Waals surface area contributed by atoms with Gasteiger partial charge in [0, 0.05) is 38.2 Å². The Labute approximate surface area is 393 Å². The lowest BCUT2D eigenvalue weighted by Gasteiger charge is -2.16. The molecule has 10 aromatic carbocycles. The van der Waals surface area contributed by atoms with Crippen molar-refractivity contribution in [3.63, 3.8) is 0 Å². The highest BCUT2D eigenvalue weighted by molar-refractivity contribution is 6.19. The maximum Gasteiger partial charge on any atom is 0.238 e. The number of rotatable bonds is 8. The summed E-state index contributed by atoms with van der Waals surface area (Å²) in [5.41, 5.74) is 16.5. The highest BCUT2D eigenvalue weighted by Gasteiger charge is 2.23. The van der Waals surface area contributed by atoms with E-state index >= 15 is 0 Å². The van der Waals surface area contributed by atoms with E-state index in [0.717, 1.165) is 77.5 Å². The predicted octanol–water partition coefficient (Wildman–Crippen LogP) is 16.1. The molecule has 0 amide bonds. The van der Waals surface area contributed by atoms with Gasteiger partial charge >= 0.3 is 0 Å². The van der Waals surface area contributed by atoms with Gasteiger partial charge in [-0.05, 0) is 75.3 Å². The van der Waals surface area contributed by atoms with E-state index in [9.17, 15) is 0 Å². The van der Waals surface area contributed by atoms with Crippen LogP contribution in [0.2, 0.25) is 0 Å². The lowest BCUT2D eigenvalue weighted by Crippen LogP contribution is -2.06. The Hall–Kier alpha value is -9.19. The Bertz CT molecular complexity index is 3990. The van der Waals surface area contributed by atoms with Crippen molar-refractivity contribution in [3.8, 4) is 78.9 Å². The first-order chi connectivity index (χ1) is 33.7. The number of nitrogens with zero attached hydrogens (tertiary/aromatic N) is 5. The Morgan fingerprint density at radius 1 is 0.235 bits per heavy atom. The SMILES string of the molecule is c1ccc(-c2cccc(-c3ccc(-c4nc(-c5ccccc5)nc(-n5c6ccccc6c6cc7c8ccccc8n(-c8cc(-c9ccccc9)ccc8-c8ccccc8)c7cc65)n4)cc3)c2)cc1. The van der Waals surface area contributed by atoms with E-state index < -0.39 is 0 Å². The van der Waals surface area contributed by atoms with Crippen molar-refractivity contribution < 1.29 is 0 Å². The van der Waals surface area contributed by atoms with E-state index in [4.69, 9.17) is 15.0 Å². The Kier molecular flexibility index (Phi) is 9.43. The largest absolute Gasteiger partial charge is 0.309 e. The van der Waals surface area contributed by atoms with E-state index in [1.54, 1.807) is 0 Å². The zero-order valence-corrected chi connectivity index (χ0v) is 36.9. The van der Waals surface area contributed by atoms with Crippen LogP contribution in [-0.4, -0.2) is 24.1 Å². The van der Waals surface area contributed by atoms with Crippen LogP contribution in [0.3, 0.4) is 0 Å². The highest BCUT2D eigenvalue weighted by Crippen LogP contribution is 2.42. The number of fused-ring (bicyclic) bond motifs is 6. The van der Waals surface area contributed by atoms with E-state index in [1.165, 1.54) is 27.5 Å². The summed E-state index contributed by atoms with van der Waals surface area (Å²) in [6.45, 7) is 0. The third-order valence-electron chi connectivity index (χ3n) is 13.2. The molecule has 318 valence electrons. The van der Waals surface area contributed by atoms with Gasteiger partial charge in [-0.25, -0.2) is 4.98 Å². The minimum atomic E-state index is 0.553. The molecule has 0 atom stereocenters. The van der Waals surface area contributed by atoms with Crippen LogP contribution in [0, 0.1) is 0 Å².